The van der Waals surface area contributed by atoms with E-state index in [1.165, 1.54) is 12.1 Å². The van der Waals surface area contributed by atoms with E-state index >= 15 is 0 Å². The molecular weight excluding hydrogens is 347 g/mol. The van der Waals surface area contributed by atoms with E-state index < -0.39 is 22.1 Å². The highest BCUT2D eigenvalue weighted by molar-refractivity contribution is 7.92. The van der Waals surface area contributed by atoms with Gasteiger partial charge in [0.15, 0.2) is 0 Å². The molecule has 0 amide bonds. The molecule has 0 atom stereocenters. The third-order valence-electron chi connectivity index (χ3n) is 2.75. The van der Waals surface area contributed by atoms with Crippen LogP contribution in [-0.2, 0) is 10.0 Å². The molecule has 1 N–H and O–H groups in total. The first-order valence-corrected chi connectivity index (χ1v) is 8.29. The van der Waals surface area contributed by atoms with Crippen LogP contribution < -0.4 is 14.2 Å². The second kappa shape index (κ2) is 7.00. The first-order chi connectivity index (χ1) is 11.2. The van der Waals surface area contributed by atoms with Crippen molar-refractivity contribution < 1.29 is 31.1 Å². The molecule has 0 spiro atoms. The van der Waals surface area contributed by atoms with Gasteiger partial charge in [-0.3, -0.25) is 4.72 Å². The minimum Gasteiger partial charge on any atom is -0.494 e. The zero-order valence-corrected chi connectivity index (χ0v) is 13.3. The van der Waals surface area contributed by atoms with Gasteiger partial charge < -0.3 is 9.47 Å². The monoisotopic (exact) mass is 361 g/mol. The van der Waals surface area contributed by atoms with Gasteiger partial charge in [0.1, 0.15) is 11.5 Å². The Bertz CT molecular complexity index is 806. The Labute approximate surface area is 137 Å². The van der Waals surface area contributed by atoms with E-state index in [1.807, 2.05) is 0 Å². The summed E-state index contributed by atoms with van der Waals surface area (Å²) in [5, 5.41) is 0. The Morgan fingerprint density at radius 2 is 1.71 bits per heavy atom. The number of benzene rings is 2. The SMILES string of the molecule is CCOc1cccc(NS(=O)(=O)c2cccc(OC(F)(F)F)c2)c1. The van der Waals surface area contributed by atoms with Crippen molar-refractivity contribution in [3.05, 3.63) is 48.5 Å². The summed E-state index contributed by atoms with van der Waals surface area (Å²) in [4.78, 5) is -0.355. The largest absolute Gasteiger partial charge is 0.573 e. The molecule has 0 heterocycles. The number of ether oxygens (including phenoxy) is 2. The van der Waals surface area contributed by atoms with Gasteiger partial charge in [-0.2, -0.15) is 0 Å². The minimum atomic E-state index is -4.90. The first-order valence-electron chi connectivity index (χ1n) is 6.81. The van der Waals surface area contributed by atoms with Gasteiger partial charge in [0.25, 0.3) is 10.0 Å². The molecule has 0 saturated heterocycles. The number of anilines is 1. The van der Waals surface area contributed by atoms with Crippen LogP contribution in [0.15, 0.2) is 53.4 Å². The van der Waals surface area contributed by atoms with Crippen molar-refractivity contribution in [2.75, 3.05) is 11.3 Å². The van der Waals surface area contributed by atoms with Crippen LogP contribution in [0.3, 0.4) is 0 Å². The fraction of sp³-hybridized carbons (Fsp3) is 0.200. The molecule has 0 saturated carbocycles. The van der Waals surface area contributed by atoms with Crippen LogP contribution >= 0.6 is 0 Å². The topological polar surface area (TPSA) is 64.6 Å². The summed E-state index contributed by atoms with van der Waals surface area (Å²) in [6.45, 7) is 2.19. The smallest absolute Gasteiger partial charge is 0.494 e. The molecular formula is C15H14F3NO4S. The normalized spacial score (nSPS) is 11.8. The van der Waals surface area contributed by atoms with Gasteiger partial charge in [0.2, 0.25) is 0 Å². The van der Waals surface area contributed by atoms with Gasteiger partial charge in [-0.15, -0.1) is 13.2 Å². The Hall–Kier alpha value is -2.42. The zero-order chi connectivity index (χ0) is 17.8. The summed E-state index contributed by atoms with van der Waals surface area (Å²) in [5.41, 5.74) is 0.225. The van der Waals surface area contributed by atoms with Gasteiger partial charge in [-0.1, -0.05) is 12.1 Å². The number of halogens is 3. The summed E-state index contributed by atoms with van der Waals surface area (Å²) < 4.78 is 72.6. The van der Waals surface area contributed by atoms with Crippen LogP contribution in [0.25, 0.3) is 0 Å². The Morgan fingerprint density at radius 1 is 1.04 bits per heavy atom. The van der Waals surface area contributed by atoms with E-state index in [9.17, 15) is 21.6 Å². The summed E-state index contributed by atoms with van der Waals surface area (Å²) in [6, 6.07) is 10.3. The van der Waals surface area contributed by atoms with Crippen LogP contribution in [0.1, 0.15) is 6.92 Å². The van der Waals surface area contributed by atoms with Crippen molar-refractivity contribution in [3.8, 4) is 11.5 Å². The van der Waals surface area contributed by atoms with E-state index in [0.717, 1.165) is 24.3 Å². The number of alkyl halides is 3. The van der Waals surface area contributed by atoms with Crippen molar-refractivity contribution >= 4 is 15.7 Å². The summed E-state index contributed by atoms with van der Waals surface area (Å²) in [6.07, 6.45) is -4.90. The average Bonchev–Trinajstić information content (AvgIpc) is 2.46. The standard InChI is InChI=1S/C15H14F3NO4S/c1-2-22-12-6-3-5-11(9-12)19-24(20,21)14-8-4-7-13(10-14)23-15(16,17)18/h3-10,19H,2H2,1H3. The number of sulfonamides is 1. The lowest BCUT2D eigenvalue weighted by atomic mass is 10.3. The molecule has 0 aliphatic heterocycles. The predicted octanol–water partition coefficient (Wildman–Crippen LogP) is 3.78. The van der Waals surface area contributed by atoms with Crippen molar-refractivity contribution in [3.63, 3.8) is 0 Å². The van der Waals surface area contributed by atoms with E-state index in [4.69, 9.17) is 4.74 Å². The Morgan fingerprint density at radius 3 is 2.38 bits per heavy atom. The zero-order valence-electron chi connectivity index (χ0n) is 12.5. The highest BCUT2D eigenvalue weighted by atomic mass is 32.2. The Balaban J connectivity index is 2.24. The highest BCUT2D eigenvalue weighted by Crippen LogP contribution is 2.26. The summed E-state index contributed by atoms with van der Waals surface area (Å²) in [7, 11) is -4.08. The third-order valence-corrected chi connectivity index (χ3v) is 4.13. The number of nitrogens with one attached hydrogen (secondary N) is 1. The fourth-order valence-electron chi connectivity index (χ4n) is 1.87. The van der Waals surface area contributed by atoms with Crippen LogP contribution in [0.4, 0.5) is 18.9 Å². The van der Waals surface area contributed by atoms with E-state index in [0.29, 0.717) is 12.4 Å². The van der Waals surface area contributed by atoms with Crippen LogP contribution in [0.5, 0.6) is 11.5 Å². The lowest BCUT2D eigenvalue weighted by molar-refractivity contribution is -0.274. The molecule has 0 unspecified atom stereocenters. The fourth-order valence-corrected chi connectivity index (χ4v) is 2.95. The molecule has 0 fully saturated rings. The van der Waals surface area contributed by atoms with Crippen LogP contribution in [-0.4, -0.2) is 21.4 Å². The van der Waals surface area contributed by atoms with E-state index in [1.54, 1.807) is 19.1 Å². The second-order valence-corrected chi connectivity index (χ2v) is 6.27. The van der Waals surface area contributed by atoms with E-state index in [-0.39, 0.29) is 10.6 Å². The molecule has 0 radical (unpaired) electrons. The molecule has 2 aromatic rings. The van der Waals surface area contributed by atoms with Crippen LogP contribution in [0.2, 0.25) is 0 Å². The maximum absolute atomic E-state index is 12.3. The summed E-state index contributed by atoms with van der Waals surface area (Å²) in [5.74, 6) is -0.153. The molecule has 9 heteroatoms. The van der Waals surface area contributed by atoms with Crippen molar-refractivity contribution in [2.24, 2.45) is 0 Å². The molecule has 24 heavy (non-hydrogen) atoms. The highest BCUT2D eigenvalue weighted by Gasteiger charge is 2.31. The lowest BCUT2D eigenvalue weighted by Crippen LogP contribution is -2.18. The molecule has 130 valence electrons. The number of hydrogen-bond acceptors (Lipinski definition) is 4. The van der Waals surface area contributed by atoms with Gasteiger partial charge in [-0.05, 0) is 31.2 Å². The molecule has 2 rings (SSSR count). The maximum atomic E-state index is 12.3. The van der Waals surface area contributed by atoms with Gasteiger partial charge in [-0.25, -0.2) is 8.42 Å². The number of rotatable bonds is 6. The molecule has 5 nitrogen and oxygen atoms in total. The first kappa shape index (κ1) is 17.9. The van der Waals surface area contributed by atoms with Gasteiger partial charge in [0, 0.05) is 12.1 Å². The quantitative estimate of drug-likeness (QED) is 0.850. The van der Waals surface area contributed by atoms with Crippen molar-refractivity contribution in [1.29, 1.82) is 0 Å². The predicted molar refractivity (Wildman–Crippen MR) is 81.5 cm³/mol. The van der Waals surface area contributed by atoms with Crippen LogP contribution in [0, 0.1) is 0 Å². The summed E-state index contributed by atoms with van der Waals surface area (Å²) >= 11 is 0. The lowest BCUT2D eigenvalue weighted by Gasteiger charge is -2.12. The van der Waals surface area contributed by atoms with Crippen molar-refractivity contribution in [2.45, 2.75) is 18.2 Å². The molecule has 0 aliphatic rings. The minimum absolute atomic E-state index is 0.225. The molecule has 0 aromatic heterocycles. The molecule has 2 aromatic carbocycles. The third kappa shape index (κ3) is 5.05. The molecule has 0 bridgehead atoms. The van der Waals surface area contributed by atoms with E-state index in [2.05, 4.69) is 9.46 Å². The number of hydrogen-bond donors (Lipinski definition) is 1. The molecule has 0 aliphatic carbocycles. The maximum Gasteiger partial charge on any atom is 0.573 e. The Kier molecular flexibility index (Phi) is 5.23. The van der Waals surface area contributed by atoms with Gasteiger partial charge in [0.05, 0.1) is 17.2 Å². The average molecular weight is 361 g/mol. The second-order valence-electron chi connectivity index (χ2n) is 4.59. The van der Waals surface area contributed by atoms with Crippen molar-refractivity contribution in [1.82, 2.24) is 0 Å². The van der Waals surface area contributed by atoms with Gasteiger partial charge >= 0.3 is 6.36 Å².